The summed E-state index contributed by atoms with van der Waals surface area (Å²) in [7, 11) is 0. The first kappa shape index (κ1) is 7.67. The van der Waals surface area contributed by atoms with Crippen LogP contribution >= 0.6 is 0 Å². The van der Waals surface area contributed by atoms with Crippen LogP contribution in [0.25, 0.3) is 10.9 Å². The summed E-state index contributed by atoms with van der Waals surface area (Å²) in [6, 6.07) is 3.31. The van der Waals surface area contributed by atoms with Gasteiger partial charge in [-0.3, -0.25) is 9.97 Å². The van der Waals surface area contributed by atoms with E-state index in [1.165, 1.54) is 6.20 Å². The maximum Gasteiger partial charge on any atom is 0.337 e. The molecular formula is C9H6N2O2. The Hall–Kier alpha value is -1.97. The topological polar surface area (TPSA) is 63.1 Å². The number of hydrogen-bond donors (Lipinski definition) is 1. The molecule has 0 fully saturated rings. The molecule has 0 aliphatic heterocycles. The predicted molar refractivity (Wildman–Crippen MR) is 46.5 cm³/mol. The molecule has 13 heavy (non-hydrogen) atoms. The lowest BCUT2D eigenvalue weighted by atomic mass is 10.2. The van der Waals surface area contributed by atoms with Crippen molar-refractivity contribution in [2.75, 3.05) is 0 Å². The minimum absolute atomic E-state index is 0.193. The van der Waals surface area contributed by atoms with Gasteiger partial charge in [0.05, 0.1) is 17.3 Å². The third kappa shape index (κ3) is 1.33. The largest absolute Gasteiger partial charge is 0.478 e. The molecule has 0 radical (unpaired) electrons. The Kier molecular flexibility index (Phi) is 1.66. The molecule has 2 aromatic heterocycles. The first-order valence-corrected chi connectivity index (χ1v) is 3.70. The first-order chi connectivity index (χ1) is 6.27. The highest BCUT2D eigenvalue weighted by molar-refractivity contribution is 5.92. The van der Waals surface area contributed by atoms with E-state index in [1.807, 2.05) is 0 Å². The van der Waals surface area contributed by atoms with Crippen molar-refractivity contribution in [2.24, 2.45) is 0 Å². The average Bonchev–Trinajstić information content (AvgIpc) is 2.17. The van der Waals surface area contributed by atoms with E-state index in [1.54, 1.807) is 24.5 Å². The lowest BCUT2D eigenvalue weighted by Gasteiger charge is -1.96. The molecule has 0 spiro atoms. The van der Waals surface area contributed by atoms with Gasteiger partial charge in [0.1, 0.15) is 0 Å². The number of pyridine rings is 2. The summed E-state index contributed by atoms with van der Waals surface area (Å²) in [5, 5.41) is 9.48. The second-order valence-electron chi connectivity index (χ2n) is 2.60. The van der Waals surface area contributed by atoms with E-state index in [9.17, 15) is 4.79 Å². The molecular weight excluding hydrogens is 168 g/mol. The highest BCUT2D eigenvalue weighted by Gasteiger charge is 2.03. The maximum atomic E-state index is 10.6. The number of aromatic carboxylic acids is 1. The van der Waals surface area contributed by atoms with Crippen LogP contribution in [0.1, 0.15) is 10.4 Å². The second kappa shape index (κ2) is 2.82. The summed E-state index contributed by atoms with van der Waals surface area (Å²) < 4.78 is 0. The molecule has 0 unspecified atom stereocenters. The van der Waals surface area contributed by atoms with Crippen molar-refractivity contribution in [3.05, 3.63) is 36.3 Å². The summed E-state index contributed by atoms with van der Waals surface area (Å²) in [5.41, 5.74) is 0.895. The summed E-state index contributed by atoms with van der Waals surface area (Å²) in [6.07, 6.45) is 4.53. The molecule has 2 heterocycles. The van der Waals surface area contributed by atoms with Gasteiger partial charge in [-0.2, -0.15) is 0 Å². The number of fused-ring (bicyclic) bond motifs is 1. The van der Waals surface area contributed by atoms with E-state index in [0.29, 0.717) is 5.52 Å². The van der Waals surface area contributed by atoms with Crippen LogP contribution in [-0.4, -0.2) is 21.0 Å². The van der Waals surface area contributed by atoms with E-state index in [0.717, 1.165) is 5.39 Å². The van der Waals surface area contributed by atoms with Gasteiger partial charge in [0.15, 0.2) is 0 Å². The summed E-state index contributed by atoms with van der Waals surface area (Å²) in [5.74, 6) is -0.966. The van der Waals surface area contributed by atoms with Crippen LogP contribution < -0.4 is 0 Å². The molecule has 4 heteroatoms. The number of carboxylic acids is 1. The van der Waals surface area contributed by atoms with E-state index in [4.69, 9.17) is 5.11 Å². The van der Waals surface area contributed by atoms with E-state index < -0.39 is 5.97 Å². The number of carbonyl (C=O) groups is 1. The third-order valence-electron chi connectivity index (χ3n) is 1.73. The lowest BCUT2D eigenvalue weighted by molar-refractivity contribution is 0.0696. The standard InChI is InChI=1S/C9H6N2O2/c12-9(13)7-3-6-1-2-10-5-8(6)11-4-7/h1-5H,(H,12,13). The quantitative estimate of drug-likeness (QED) is 0.708. The van der Waals surface area contributed by atoms with E-state index in [-0.39, 0.29) is 5.56 Å². The normalized spacial score (nSPS) is 10.2. The van der Waals surface area contributed by atoms with Crippen molar-refractivity contribution in [3.8, 4) is 0 Å². The molecule has 0 aliphatic rings. The molecule has 64 valence electrons. The number of nitrogens with zero attached hydrogens (tertiary/aromatic N) is 2. The molecule has 0 aliphatic carbocycles. The van der Waals surface area contributed by atoms with Gasteiger partial charge in [-0.05, 0) is 12.1 Å². The van der Waals surface area contributed by atoms with Crippen LogP contribution in [0.15, 0.2) is 30.7 Å². The van der Waals surface area contributed by atoms with Crippen LogP contribution in [0.3, 0.4) is 0 Å². The first-order valence-electron chi connectivity index (χ1n) is 3.70. The Morgan fingerprint density at radius 3 is 3.00 bits per heavy atom. The second-order valence-corrected chi connectivity index (χ2v) is 2.60. The summed E-state index contributed by atoms with van der Waals surface area (Å²) in [6.45, 7) is 0. The zero-order valence-electron chi connectivity index (χ0n) is 6.64. The molecule has 2 aromatic rings. The van der Waals surface area contributed by atoms with Gasteiger partial charge in [0, 0.05) is 17.8 Å². The van der Waals surface area contributed by atoms with Gasteiger partial charge < -0.3 is 5.11 Å². The Balaban J connectivity index is 2.69. The zero-order valence-corrected chi connectivity index (χ0v) is 6.64. The lowest BCUT2D eigenvalue weighted by Crippen LogP contribution is -1.96. The van der Waals surface area contributed by atoms with Gasteiger partial charge in [-0.1, -0.05) is 0 Å². The van der Waals surface area contributed by atoms with Gasteiger partial charge >= 0.3 is 5.97 Å². The predicted octanol–water partition coefficient (Wildman–Crippen LogP) is 1.33. The molecule has 1 N–H and O–H groups in total. The summed E-state index contributed by atoms with van der Waals surface area (Å²) in [4.78, 5) is 18.4. The smallest absolute Gasteiger partial charge is 0.337 e. The SMILES string of the molecule is O=C(O)c1cnc2cnccc2c1. The van der Waals surface area contributed by atoms with Crippen LogP contribution in [0.5, 0.6) is 0 Å². The Morgan fingerprint density at radius 1 is 1.38 bits per heavy atom. The Morgan fingerprint density at radius 2 is 2.23 bits per heavy atom. The Labute approximate surface area is 73.9 Å². The molecule has 0 saturated heterocycles. The fourth-order valence-electron chi connectivity index (χ4n) is 1.09. The van der Waals surface area contributed by atoms with E-state index >= 15 is 0 Å². The van der Waals surface area contributed by atoms with Gasteiger partial charge in [0.25, 0.3) is 0 Å². The van der Waals surface area contributed by atoms with Crippen LogP contribution in [0, 0.1) is 0 Å². The number of carboxylic acid groups (broad SMARTS) is 1. The zero-order chi connectivity index (χ0) is 9.26. The van der Waals surface area contributed by atoms with Crippen molar-refractivity contribution < 1.29 is 9.90 Å². The fourth-order valence-corrected chi connectivity index (χ4v) is 1.09. The van der Waals surface area contributed by atoms with Crippen molar-refractivity contribution in [1.82, 2.24) is 9.97 Å². The molecule has 4 nitrogen and oxygen atoms in total. The molecule has 0 amide bonds. The number of rotatable bonds is 1. The van der Waals surface area contributed by atoms with E-state index in [2.05, 4.69) is 9.97 Å². The molecule has 0 aromatic carbocycles. The van der Waals surface area contributed by atoms with Crippen molar-refractivity contribution in [2.45, 2.75) is 0 Å². The molecule has 2 rings (SSSR count). The molecule has 0 saturated carbocycles. The minimum atomic E-state index is -0.966. The van der Waals surface area contributed by atoms with Gasteiger partial charge in [-0.15, -0.1) is 0 Å². The molecule has 0 bridgehead atoms. The van der Waals surface area contributed by atoms with Crippen molar-refractivity contribution in [3.63, 3.8) is 0 Å². The average molecular weight is 174 g/mol. The van der Waals surface area contributed by atoms with Crippen LogP contribution in [-0.2, 0) is 0 Å². The Bertz CT molecular complexity index is 468. The van der Waals surface area contributed by atoms with Crippen LogP contribution in [0.2, 0.25) is 0 Å². The van der Waals surface area contributed by atoms with Gasteiger partial charge in [-0.25, -0.2) is 4.79 Å². The third-order valence-corrected chi connectivity index (χ3v) is 1.73. The highest BCUT2D eigenvalue weighted by Crippen LogP contribution is 2.10. The molecule has 0 atom stereocenters. The van der Waals surface area contributed by atoms with Crippen LogP contribution in [0.4, 0.5) is 0 Å². The van der Waals surface area contributed by atoms with Gasteiger partial charge in [0.2, 0.25) is 0 Å². The number of hydrogen-bond acceptors (Lipinski definition) is 3. The summed E-state index contributed by atoms with van der Waals surface area (Å²) >= 11 is 0. The van der Waals surface area contributed by atoms with Crippen molar-refractivity contribution >= 4 is 16.9 Å². The monoisotopic (exact) mass is 174 g/mol. The maximum absolute atomic E-state index is 10.6. The highest BCUT2D eigenvalue weighted by atomic mass is 16.4. The van der Waals surface area contributed by atoms with Crippen molar-refractivity contribution in [1.29, 1.82) is 0 Å². The number of aromatic nitrogens is 2. The minimum Gasteiger partial charge on any atom is -0.478 e. The fraction of sp³-hybridized carbons (Fsp3) is 0.